The number of imide groups is 1. The Hall–Kier alpha value is -3.82. The zero-order chi connectivity index (χ0) is 30.2. The minimum absolute atomic E-state index is 0.0695. The Labute approximate surface area is 257 Å². The standard InChI is InChI=1S/C35H40N4O5/c1-43-27-7-2-22(3-8-27)17-26-6-5-24-16-23(4-11-31(24)36-26)19-38-15-14-29(21-38)44-28-9-10-30-25(18-28)20-39(35(30)42)32-12-13-33(40)37-34(32)41/h4-6,9-11,16,18,22,27,29,32H,2-3,7-8,12-15,17,19-21H2,1H3,(H,37,40,41)/t22?,27?,29-,32?/m0/s1. The summed E-state index contributed by atoms with van der Waals surface area (Å²) in [6.07, 6.45) is 7.82. The fraction of sp³-hybridized carbons (Fsp3) is 0.486. The summed E-state index contributed by atoms with van der Waals surface area (Å²) in [6, 6.07) is 16.0. The molecule has 1 aromatic heterocycles. The number of aromatic nitrogens is 1. The van der Waals surface area contributed by atoms with Crippen LogP contribution in [0.1, 0.15) is 72.1 Å². The lowest BCUT2D eigenvalue weighted by Crippen LogP contribution is -2.52. The highest BCUT2D eigenvalue weighted by molar-refractivity contribution is 6.05. The molecule has 1 aliphatic carbocycles. The van der Waals surface area contributed by atoms with Gasteiger partial charge in [0.2, 0.25) is 11.8 Å². The molecule has 0 bridgehead atoms. The van der Waals surface area contributed by atoms with Crippen molar-refractivity contribution >= 4 is 28.6 Å². The van der Waals surface area contributed by atoms with Crippen molar-refractivity contribution in [3.8, 4) is 5.75 Å². The maximum absolute atomic E-state index is 13.0. The monoisotopic (exact) mass is 596 g/mol. The normalized spacial score (nSPS) is 25.8. The highest BCUT2D eigenvalue weighted by Gasteiger charge is 2.39. The van der Waals surface area contributed by atoms with Crippen LogP contribution in [0, 0.1) is 5.92 Å². The molecule has 230 valence electrons. The third kappa shape index (κ3) is 6.08. The number of nitrogens with one attached hydrogen (secondary N) is 1. The number of likely N-dealkylation sites (tertiary alicyclic amines) is 1. The summed E-state index contributed by atoms with van der Waals surface area (Å²) in [5, 5.41) is 3.54. The average molecular weight is 597 g/mol. The molecule has 9 nitrogen and oxygen atoms in total. The van der Waals surface area contributed by atoms with Crippen LogP contribution in [-0.4, -0.2) is 71.0 Å². The van der Waals surface area contributed by atoms with Gasteiger partial charge in [-0.25, -0.2) is 0 Å². The first-order valence-electron chi connectivity index (χ1n) is 16.0. The Balaban J connectivity index is 0.927. The summed E-state index contributed by atoms with van der Waals surface area (Å²) in [5.41, 5.74) is 4.98. The first-order chi connectivity index (χ1) is 21.4. The van der Waals surface area contributed by atoms with E-state index in [0.717, 1.165) is 62.1 Å². The van der Waals surface area contributed by atoms with Crippen LogP contribution >= 0.6 is 0 Å². The number of rotatable bonds is 8. The van der Waals surface area contributed by atoms with Gasteiger partial charge in [-0.1, -0.05) is 12.1 Å². The predicted molar refractivity (Wildman–Crippen MR) is 165 cm³/mol. The fourth-order valence-corrected chi connectivity index (χ4v) is 7.41. The van der Waals surface area contributed by atoms with Crippen LogP contribution < -0.4 is 10.1 Å². The summed E-state index contributed by atoms with van der Waals surface area (Å²) in [4.78, 5) is 45.9. The Kier molecular flexibility index (Phi) is 8.08. The van der Waals surface area contributed by atoms with Crippen molar-refractivity contribution in [3.05, 3.63) is 70.9 Å². The molecule has 3 amide bonds. The molecule has 0 radical (unpaired) electrons. The Morgan fingerprint density at radius 3 is 2.61 bits per heavy atom. The molecule has 2 aromatic carbocycles. The molecule has 0 spiro atoms. The number of pyridine rings is 1. The van der Waals surface area contributed by atoms with Crippen molar-refractivity contribution < 1.29 is 23.9 Å². The van der Waals surface area contributed by atoms with Gasteiger partial charge < -0.3 is 14.4 Å². The van der Waals surface area contributed by atoms with Crippen LogP contribution in [0.25, 0.3) is 10.9 Å². The molecule has 1 saturated carbocycles. The van der Waals surface area contributed by atoms with E-state index in [2.05, 4.69) is 40.5 Å². The third-order valence-electron chi connectivity index (χ3n) is 9.87. The second kappa shape index (κ2) is 12.3. The molecule has 3 fully saturated rings. The zero-order valence-corrected chi connectivity index (χ0v) is 25.3. The number of hydrogen-bond donors (Lipinski definition) is 1. The molecular weight excluding hydrogens is 556 g/mol. The lowest BCUT2D eigenvalue weighted by Gasteiger charge is -2.29. The molecular formula is C35H40N4O5. The number of carbonyl (C=O) groups is 3. The highest BCUT2D eigenvalue weighted by atomic mass is 16.5. The Morgan fingerprint density at radius 2 is 1.80 bits per heavy atom. The van der Waals surface area contributed by atoms with Gasteiger partial charge in [0.05, 0.1) is 11.6 Å². The van der Waals surface area contributed by atoms with Gasteiger partial charge in [0.25, 0.3) is 5.91 Å². The molecule has 4 aliphatic rings. The van der Waals surface area contributed by atoms with Gasteiger partial charge in [-0.05, 0) is 98.4 Å². The van der Waals surface area contributed by atoms with E-state index in [4.69, 9.17) is 14.5 Å². The van der Waals surface area contributed by atoms with Gasteiger partial charge in [-0.3, -0.25) is 29.6 Å². The number of hydrogen-bond acceptors (Lipinski definition) is 7. The highest BCUT2D eigenvalue weighted by Crippen LogP contribution is 2.32. The molecule has 2 saturated heterocycles. The van der Waals surface area contributed by atoms with Gasteiger partial charge in [-0.15, -0.1) is 0 Å². The largest absolute Gasteiger partial charge is 0.489 e. The van der Waals surface area contributed by atoms with Crippen molar-refractivity contribution in [3.63, 3.8) is 0 Å². The molecule has 1 N–H and O–H groups in total. The lowest BCUT2D eigenvalue weighted by atomic mass is 9.84. The molecule has 4 heterocycles. The lowest BCUT2D eigenvalue weighted by molar-refractivity contribution is -0.136. The smallest absolute Gasteiger partial charge is 0.255 e. The molecule has 2 atom stereocenters. The van der Waals surface area contributed by atoms with Gasteiger partial charge in [0.15, 0.2) is 0 Å². The summed E-state index contributed by atoms with van der Waals surface area (Å²) in [6.45, 7) is 3.00. The summed E-state index contributed by atoms with van der Waals surface area (Å²) in [7, 11) is 1.82. The quantitative estimate of drug-likeness (QED) is 0.385. The first-order valence-corrected chi connectivity index (χ1v) is 16.0. The van der Waals surface area contributed by atoms with Crippen molar-refractivity contribution in [1.29, 1.82) is 0 Å². The number of methoxy groups -OCH3 is 1. The summed E-state index contributed by atoms with van der Waals surface area (Å²) < 4.78 is 11.9. The zero-order valence-electron chi connectivity index (χ0n) is 25.3. The van der Waals surface area contributed by atoms with E-state index in [0.29, 0.717) is 30.6 Å². The maximum atomic E-state index is 13.0. The van der Waals surface area contributed by atoms with E-state index >= 15 is 0 Å². The molecule has 3 aliphatic heterocycles. The van der Waals surface area contributed by atoms with E-state index in [1.807, 2.05) is 19.2 Å². The first kappa shape index (κ1) is 28.9. The number of piperidine rings is 1. The second-order valence-electron chi connectivity index (χ2n) is 12.9. The van der Waals surface area contributed by atoms with Crippen LogP contribution in [0.4, 0.5) is 0 Å². The van der Waals surface area contributed by atoms with Crippen LogP contribution in [0.2, 0.25) is 0 Å². The van der Waals surface area contributed by atoms with Crippen LogP contribution in [0.15, 0.2) is 48.5 Å². The topological polar surface area (TPSA) is 101 Å². The second-order valence-corrected chi connectivity index (χ2v) is 12.9. The van der Waals surface area contributed by atoms with Gasteiger partial charge >= 0.3 is 0 Å². The SMILES string of the molecule is COC1CCC(Cc2ccc3cc(CN4CC[C@H](Oc5ccc6c(c5)CN(C5CCC(=O)NC5=O)C6=O)C4)ccc3n2)CC1. The van der Waals surface area contributed by atoms with Crippen molar-refractivity contribution in [2.75, 3.05) is 20.2 Å². The molecule has 1 unspecified atom stereocenters. The molecule has 44 heavy (non-hydrogen) atoms. The Bertz CT molecular complexity index is 1580. The van der Waals surface area contributed by atoms with E-state index in [-0.39, 0.29) is 24.3 Å². The molecule has 9 heteroatoms. The number of fused-ring (bicyclic) bond motifs is 2. The van der Waals surface area contributed by atoms with E-state index in [1.165, 1.54) is 29.5 Å². The van der Waals surface area contributed by atoms with E-state index in [9.17, 15) is 14.4 Å². The fourth-order valence-electron chi connectivity index (χ4n) is 7.41. The Morgan fingerprint density at radius 1 is 0.932 bits per heavy atom. The van der Waals surface area contributed by atoms with E-state index < -0.39 is 11.9 Å². The number of amides is 3. The minimum atomic E-state index is -0.612. The average Bonchev–Trinajstić information content (AvgIpc) is 3.60. The van der Waals surface area contributed by atoms with Crippen molar-refractivity contribution in [2.24, 2.45) is 5.92 Å². The minimum Gasteiger partial charge on any atom is -0.489 e. The van der Waals surface area contributed by atoms with E-state index in [1.54, 1.807) is 11.0 Å². The maximum Gasteiger partial charge on any atom is 0.255 e. The number of ether oxygens (including phenoxy) is 2. The third-order valence-corrected chi connectivity index (χ3v) is 9.87. The number of benzene rings is 2. The summed E-state index contributed by atoms with van der Waals surface area (Å²) in [5.74, 6) is 0.596. The number of carbonyl (C=O) groups excluding carboxylic acids is 3. The number of nitrogens with zero attached hydrogens (tertiary/aromatic N) is 3. The van der Waals surface area contributed by atoms with Crippen molar-refractivity contribution in [2.45, 2.75) is 82.7 Å². The summed E-state index contributed by atoms with van der Waals surface area (Å²) >= 11 is 0. The van der Waals surface area contributed by atoms with Gasteiger partial charge in [0.1, 0.15) is 17.9 Å². The van der Waals surface area contributed by atoms with Crippen LogP contribution in [0.5, 0.6) is 5.75 Å². The molecule has 7 rings (SSSR count). The van der Waals surface area contributed by atoms with Gasteiger partial charge in [0, 0.05) is 56.4 Å². The molecule has 3 aromatic rings. The van der Waals surface area contributed by atoms with Crippen molar-refractivity contribution in [1.82, 2.24) is 20.1 Å². The predicted octanol–water partition coefficient (Wildman–Crippen LogP) is 4.40. The van der Waals surface area contributed by atoms with Gasteiger partial charge in [-0.2, -0.15) is 0 Å². The van der Waals surface area contributed by atoms with Crippen LogP contribution in [-0.2, 0) is 33.8 Å². The van der Waals surface area contributed by atoms with Crippen LogP contribution in [0.3, 0.4) is 0 Å².